The molecule has 1 aliphatic rings. The quantitative estimate of drug-likeness (QED) is 0.170. The molecule has 3 nitrogen and oxygen atoms in total. The number of fused-ring (bicyclic) bond motifs is 9. The van der Waals surface area contributed by atoms with Crippen LogP contribution in [0.1, 0.15) is 22.3 Å². The van der Waals surface area contributed by atoms with E-state index in [1.54, 1.807) is 0 Å². The third kappa shape index (κ3) is 5.41. The van der Waals surface area contributed by atoms with E-state index in [-0.39, 0.29) is 0 Å². The number of aromatic amines is 1. The van der Waals surface area contributed by atoms with Crippen molar-refractivity contribution in [2.75, 3.05) is 4.90 Å². The lowest BCUT2D eigenvalue weighted by Crippen LogP contribution is -2.28. The number of benzene rings is 10. The maximum atomic E-state index is 3.65. The van der Waals surface area contributed by atoms with Gasteiger partial charge in [-0.1, -0.05) is 164 Å². The van der Waals surface area contributed by atoms with Gasteiger partial charge in [0.1, 0.15) is 0 Å². The summed E-state index contributed by atoms with van der Waals surface area (Å²) < 4.78 is 2.43. The molecule has 0 saturated heterocycles. The van der Waals surface area contributed by atoms with Crippen LogP contribution >= 0.6 is 0 Å². The van der Waals surface area contributed by atoms with Gasteiger partial charge in [-0.15, -0.1) is 0 Å². The Morgan fingerprint density at radius 3 is 1.58 bits per heavy atom. The highest BCUT2D eigenvalue weighted by Gasteiger charge is 2.46. The third-order valence-corrected chi connectivity index (χ3v) is 13.6. The lowest BCUT2D eigenvalue weighted by atomic mass is 9.67. The Hall–Kier alpha value is -8.40. The van der Waals surface area contributed by atoms with Gasteiger partial charge in [0.2, 0.25) is 0 Å². The van der Waals surface area contributed by atoms with Crippen LogP contribution in [0.3, 0.4) is 0 Å². The summed E-state index contributed by atoms with van der Waals surface area (Å²) in [6.45, 7) is 0. The molecule has 300 valence electrons. The number of hydrogen-bond acceptors (Lipinski definition) is 1. The smallest absolute Gasteiger partial charge is 0.0713 e. The Labute approximate surface area is 371 Å². The monoisotopic (exact) mass is 815 g/mol. The Bertz CT molecular complexity index is 3670. The highest BCUT2D eigenvalue weighted by Crippen LogP contribution is 2.56. The van der Waals surface area contributed by atoms with Gasteiger partial charge in [-0.2, -0.15) is 0 Å². The molecule has 0 spiro atoms. The molecule has 0 saturated carbocycles. The van der Waals surface area contributed by atoms with Gasteiger partial charge in [0, 0.05) is 55.3 Å². The first-order valence-electron chi connectivity index (χ1n) is 22.1. The van der Waals surface area contributed by atoms with Gasteiger partial charge in [-0.25, -0.2) is 0 Å². The van der Waals surface area contributed by atoms with Crippen molar-refractivity contribution in [2.45, 2.75) is 5.41 Å². The molecule has 2 aromatic heterocycles. The summed E-state index contributed by atoms with van der Waals surface area (Å²) >= 11 is 0. The van der Waals surface area contributed by atoms with E-state index >= 15 is 0 Å². The SMILES string of the molecule is c1ccc(-c2ccc(N(c3ccc4[nH]c5ccccc5c4c3)c3ccc4c(c3)c3cc(C5(c6ccccc6)c6ccccc6-c6ccccc65)ccc3n4-c3ccccc3)cc2)cc1. The lowest BCUT2D eigenvalue weighted by molar-refractivity contribution is 0.770. The number of aromatic nitrogens is 2. The molecule has 13 rings (SSSR count). The summed E-state index contributed by atoms with van der Waals surface area (Å²) in [7, 11) is 0. The number of H-pyrrole nitrogens is 1. The molecule has 1 aliphatic carbocycles. The van der Waals surface area contributed by atoms with Gasteiger partial charge >= 0.3 is 0 Å². The average Bonchev–Trinajstić information content (AvgIpc) is 4.01. The Balaban J connectivity index is 1.08. The van der Waals surface area contributed by atoms with E-state index in [1.165, 1.54) is 71.6 Å². The van der Waals surface area contributed by atoms with Crippen molar-refractivity contribution in [2.24, 2.45) is 0 Å². The standard InChI is InChI=1S/C61H41N3/c1-4-16-41(17-5-1)42-28-31-46(32-29-42)63(47-33-35-58-52(39-47)51-24-12-15-27-57(51)62-58)48-34-37-60-54(40-48)53-38-44(30-36-59(53)64(60)45-20-8-3-9-21-45)61(43-18-6-2-7-19-43)55-25-13-10-22-49(55)50-23-11-14-26-56(50)61/h1-40,62H. The summed E-state index contributed by atoms with van der Waals surface area (Å²) in [5.74, 6) is 0. The topological polar surface area (TPSA) is 24.0 Å². The van der Waals surface area contributed by atoms with Crippen molar-refractivity contribution in [3.05, 3.63) is 265 Å². The van der Waals surface area contributed by atoms with E-state index in [9.17, 15) is 0 Å². The molecule has 0 amide bonds. The molecule has 0 bridgehead atoms. The summed E-state index contributed by atoms with van der Waals surface area (Å²) in [6.07, 6.45) is 0. The molecule has 3 heteroatoms. The maximum Gasteiger partial charge on any atom is 0.0713 e. The first-order chi connectivity index (χ1) is 31.7. The minimum Gasteiger partial charge on any atom is -0.355 e. The van der Waals surface area contributed by atoms with Crippen LogP contribution in [0.15, 0.2) is 243 Å². The zero-order valence-electron chi connectivity index (χ0n) is 35.0. The fraction of sp³-hybridized carbons (Fsp3) is 0.0164. The number of rotatable bonds is 7. The summed E-state index contributed by atoms with van der Waals surface area (Å²) in [4.78, 5) is 6.06. The van der Waals surface area contributed by atoms with Crippen molar-refractivity contribution < 1.29 is 0 Å². The van der Waals surface area contributed by atoms with E-state index in [2.05, 4.69) is 257 Å². The molecule has 0 aliphatic heterocycles. The van der Waals surface area contributed by atoms with E-state index in [0.717, 1.165) is 39.3 Å². The lowest BCUT2D eigenvalue weighted by Gasteiger charge is -2.34. The molecule has 0 radical (unpaired) electrons. The zero-order valence-corrected chi connectivity index (χ0v) is 35.0. The van der Waals surface area contributed by atoms with Crippen molar-refractivity contribution >= 4 is 60.7 Å². The first-order valence-corrected chi connectivity index (χ1v) is 22.1. The summed E-state index contributed by atoms with van der Waals surface area (Å²) in [6, 6.07) is 89.2. The molecule has 12 aromatic rings. The summed E-state index contributed by atoms with van der Waals surface area (Å²) in [5.41, 5.74) is 18.6. The molecule has 2 heterocycles. The van der Waals surface area contributed by atoms with Crippen LogP contribution in [0.5, 0.6) is 0 Å². The number of hydrogen-bond donors (Lipinski definition) is 1. The second-order valence-corrected chi connectivity index (χ2v) is 17.0. The van der Waals surface area contributed by atoms with E-state index in [4.69, 9.17) is 0 Å². The number of nitrogens with zero attached hydrogens (tertiary/aromatic N) is 2. The highest BCUT2D eigenvalue weighted by molar-refractivity contribution is 6.12. The fourth-order valence-corrected chi connectivity index (χ4v) is 10.8. The van der Waals surface area contributed by atoms with Crippen molar-refractivity contribution in [1.82, 2.24) is 9.55 Å². The van der Waals surface area contributed by atoms with E-state index in [1.807, 2.05) is 0 Å². The second-order valence-electron chi connectivity index (χ2n) is 17.0. The number of para-hydroxylation sites is 2. The molecular weight excluding hydrogens is 775 g/mol. The highest BCUT2D eigenvalue weighted by atomic mass is 15.1. The van der Waals surface area contributed by atoms with Gasteiger partial charge in [-0.05, 0) is 123 Å². The zero-order chi connectivity index (χ0) is 42.2. The van der Waals surface area contributed by atoms with Crippen molar-refractivity contribution in [3.8, 4) is 27.9 Å². The predicted octanol–water partition coefficient (Wildman–Crippen LogP) is 15.9. The number of anilines is 3. The molecule has 1 N–H and O–H groups in total. The molecular formula is C61H41N3. The van der Waals surface area contributed by atoms with Crippen molar-refractivity contribution in [3.63, 3.8) is 0 Å². The minimum absolute atomic E-state index is 0.511. The Morgan fingerprint density at radius 1 is 0.344 bits per heavy atom. The van der Waals surface area contributed by atoms with E-state index < -0.39 is 5.41 Å². The van der Waals surface area contributed by atoms with Crippen LogP contribution < -0.4 is 4.90 Å². The average molecular weight is 816 g/mol. The normalized spacial score (nSPS) is 12.8. The van der Waals surface area contributed by atoms with Crippen molar-refractivity contribution in [1.29, 1.82) is 0 Å². The fourth-order valence-electron chi connectivity index (χ4n) is 10.8. The molecule has 10 aromatic carbocycles. The van der Waals surface area contributed by atoms with Crippen LogP contribution in [0.2, 0.25) is 0 Å². The van der Waals surface area contributed by atoms with Crippen LogP contribution in [-0.4, -0.2) is 9.55 Å². The third-order valence-electron chi connectivity index (χ3n) is 13.6. The molecule has 0 atom stereocenters. The predicted molar refractivity (Wildman–Crippen MR) is 268 cm³/mol. The van der Waals surface area contributed by atoms with E-state index in [0.29, 0.717) is 0 Å². The van der Waals surface area contributed by atoms with Gasteiger partial charge in [0.05, 0.1) is 16.4 Å². The maximum absolute atomic E-state index is 3.65. The first kappa shape index (κ1) is 36.3. The second kappa shape index (κ2) is 14.3. The molecule has 0 fully saturated rings. The summed E-state index contributed by atoms with van der Waals surface area (Å²) in [5, 5.41) is 4.82. The molecule has 0 unspecified atom stereocenters. The van der Waals surface area contributed by atoms with Crippen LogP contribution in [0.25, 0.3) is 71.6 Å². The van der Waals surface area contributed by atoms with Gasteiger partial charge < -0.3 is 14.5 Å². The van der Waals surface area contributed by atoms with Gasteiger partial charge in [0.15, 0.2) is 0 Å². The van der Waals surface area contributed by atoms with Crippen LogP contribution in [-0.2, 0) is 5.41 Å². The van der Waals surface area contributed by atoms with Crippen LogP contribution in [0.4, 0.5) is 17.1 Å². The van der Waals surface area contributed by atoms with Gasteiger partial charge in [-0.3, -0.25) is 0 Å². The Morgan fingerprint density at radius 2 is 0.859 bits per heavy atom. The number of nitrogens with one attached hydrogen (secondary N) is 1. The minimum atomic E-state index is -0.511. The Kier molecular flexibility index (Phi) is 8.13. The molecule has 64 heavy (non-hydrogen) atoms. The van der Waals surface area contributed by atoms with Gasteiger partial charge in [0.25, 0.3) is 0 Å². The largest absolute Gasteiger partial charge is 0.355 e. The van der Waals surface area contributed by atoms with Crippen LogP contribution in [0, 0.1) is 0 Å².